The Hall–Kier alpha value is 0.0500. The molecule has 0 amide bonds. The second-order valence-corrected chi connectivity index (χ2v) is 8.10. The Morgan fingerprint density at radius 2 is 2.12 bits per heavy atom. The minimum Gasteiger partial charge on any atom is -0.320 e. The lowest BCUT2D eigenvalue weighted by molar-refractivity contribution is 0.577. The zero-order chi connectivity index (χ0) is 12.7. The van der Waals surface area contributed by atoms with E-state index in [0.29, 0.717) is 13.0 Å². The Kier molecular flexibility index (Phi) is 6.65. The summed E-state index contributed by atoms with van der Waals surface area (Å²) < 4.78 is 26.8. The van der Waals surface area contributed by atoms with Crippen LogP contribution in [0.4, 0.5) is 0 Å². The third kappa shape index (κ3) is 6.52. The van der Waals surface area contributed by atoms with Crippen molar-refractivity contribution in [2.24, 2.45) is 0 Å². The topological polar surface area (TPSA) is 58.2 Å². The normalized spacial score (nSPS) is 11.9. The summed E-state index contributed by atoms with van der Waals surface area (Å²) in [6.07, 6.45) is 1.37. The van der Waals surface area contributed by atoms with E-state index in [0.717, 1.165) is 16.8 Å². The fraction of sp³-hybridized carbons (Fsp3) is 0.600. The van der Waals surface area contributed by atoms with Crippen molar-refractivity contribution >= 4 is 37.3 Å². The van der Waals surface area contributed by atoms with Crippen LogP contribution in [-0.4, -0.2) is 34.3 Å². The Labute approximate surface area is 115 Å². The first-order valence-electron chi connectivity index (χ1n) is 5.39. The molecule has 0 spiro atoms. The van der Waals surface area contributed by atoms with Gasteiger partial charge in [-0.25, -0.2) is 13.1 Å². The van der Waals surface area contributed by atoms with Crippen molar-refractivity contribution < 1.29 is 8.42 Å². The Morgan fingerprint density at radius 3 is 2.71 bits per heavy atom. The number of hydrogen-bond donors (Lipinski definition) is 2. The van der Waals surface area contributed by atoms with Crippen LogP contribution in [0.2, 0.25) is 0 Å². The number of nitrogens with one attached hydrogen (secondary N) is 2. The average molecular weight is 341 g/mol. The first kappa shape index (κ1) is 15.1. The van der Waals surface area contributed by atoms with E-state index < -0.39 is 10.0 Å². The molecular formula is C10H17BrN2O2S2. The molecule has 17 heavy (non-hydrogen) atoms. The van der Waals surface area contributed by atoms with Crippen LogP contribution in [0.1, 0.15) is 11.3 Å². The predicted molar refractivity (Wildman–Crippen MR) is 76.1 cm³/mol. The van der Waals surface area contributed by atoms with Crippen molar-refractivity contribution in [2.75, 3.05) is 25.9 Å². The molecule has 0 saturated heterocycles. The molecule has 0 bridgehead atoms. The zero-order valence-electron chi connectivity index (χ0n) is 9.70. The second kappa shape index (κ2) is 7.48. The Bertz CT molecular complexity index is 431. The van der Waals surface area contributed by atoms with Crippen LogP contribution in [0.5, 0.6) is 0 Å². The molecule has 0 aromatic carbocycles. The van der Waals surface area contributed by atoms with E-state index in [1.165, 1.54) is 4.88 Å². The molecular weight excluding hydrogens is 324 g/mol. The van der Waals surface area contributed by atoms with Gasteiger partial charge in [-0.2, -0.15) is 0 Å². The molecule has 1 heterocycles. The van der Waals surface area contributed by atoms with E-state index in [1.54, 1.807) is 11.3 Å². The van der Waals surface area contributed by atoms with Crippen LogP contribution in [0, 0.1) is 0 Å². The van der Waals surface area contributed by atoms with Crippen molar-refractivity contribution in [3.05, 3.63) is 20.8 Å². The molecule has 1 aromatic heterocycles. The Morgan fingerprint density at radius 1 is 1.35 bits per heavy atom. The maximum atomic E-state index is 11.6. The van der Waals surface area contributed by atoms with E-state index in [2.05, 4.69) is 26.0 Å². The van der Waals surface area contributed by atoms with Crippen molar-refractivity contribution in [2.45, 2.75) is 12.8 Å². The first-order chi connectivity index (χ1) is 8.03. The monoisotopic (exact) mass is 340 g/mol. The van der Waals surface area contributed by atoms with E-state index in [1.807, 2.05) is 19.2 Å². The smallest absolute Gasteiger partial charge is 0.211 e. The summed E-state index contributed by atoms with van der Waals surface area (Å²) in [4.78, 5) is 1.18. The molecule has 0 unspecified atom stereocenters. The first-order valence-corrected chi connectivity index (χ1v) is 8.66. The van der Waals surface area contributed by atoms with E-state index >= 15 is 0 Å². The van der Waals surface area contributed by atoms with Crippen molar-refractivity contribution in [3.8, 4) is 0 Å². The highest BCUT2D eigenvalue weighted by molar-refractivity contribution is 9.11. The SMILES string of the molecule is CNCCCS(=O)(=O)NCCc1ccc(Br)s1. The summed E-state index contributed by atoms with van der Waals surface area (Å²) in [6, 6.07) is 3.98. The molecule has 4 nitrogen and oxygen atoms in total. The quantitative estimate of drug-likeness (QED) is 0.706. The lowest BCUT2D eigenvalue weighted by Crippen LogP contribution is -2.29. The van der Waals surface area contributed by atoms with E-state index in [4.69, 9.17) is 0 Å². The van der Waals surface area contributed by atoms with Crippen LogP contribution in [0.25, 0.3) is 0 Å². The number of hydrogen-bond acceptors (Lipinski definition) is 4. The van der Waals surface area contributed by atoms with Gasteiger partial charge in [-0.05, 0) is 54.5 Å². The molecule has 1 rings (SSSR count). The summed E-state index contributed by atoms with van der Waals surface area (Å²) in [5.74, 6) is 0.183. The maximum absolute atomic E-state index is 11.6. The number of thiophene rings is 1. The lowest BCUT2D eigenvalue weighted by atomic mass is 10.3. The minimum atomic E-state index is -3.11. The van der Waals surface area contributed by atoms with Crippen LogP contribution in [0.3, 0.4) is 0 Å². The van der Waals surface area contributed by atoms with Crippen molar-refractivity contribution in [1.82, 2.24) is 10.0 Å². The van der Waals surface area contributed by atoms with E-state index in [9.17, 15) is 8.42 Å². The van der Waals surface area contributed by atoms with Gasteiger partial charge in [0.25, 0.3) is 0 Å². The summed E-state index contributed by atoms with van der Waals surface area (Å²) in [7, 11) is -1.30. The Balaban J connectivity index is 2.25. The molecule has 0 aliphatic rings. The molecule has 1 aromatic rings. The highest BCUT2D eigenvalue weighted by Crippen LogP contribution is 2.22. The maximum Gasteiger partial charge on any atom is 0.211 e. The van der Waals surface area contributed by atoms with Gasteiger partial charge >= 0.3 is 0 Å². The van der Waals surface area contributed by atoms with Gasteiger partial charge in [0.1, 0.15) is 0 Å². The van der Waals surface area contributed by atoms with Crippen LogP contribution >= 0.6 is 27.3 Å². The van der Waals surface area contributed by atoms with Crippen LogP contribution in [-0.2, 0) is 16.4 Å². The van der Waals surface area contributed by atoms with Gasteiger partial charge in [-0.15, -0.1) is 11.3 Å². The van der Waals surface area contributed by atoms with Gasteiger partial charge in [-0.1, -0.05) is 0 Å². The number of sulfonamides is 1. The number of halogens is 1. The number of rotatable bonds is 8. The van der Waals surface area contributed by atoms with Gasteiger partial charge in [0.2, 0.25) is 10.0 Å². The average Bonchev–Trinajstić information content (AvgIpc) is 2.64. The fourth-order valence-corrected chi connectivity index (χ4v) is 3.89. The van der Waals surface area contributed by atoms with Crippen molar-refractivity contribution in [3.63, 3.8) is 0 Å². The summed E-state index contributed by atoms with van der Waals surface area (Å²) in [5.41, 5.74) is 0. The summed E-state index contributed by atoms with van der Waals surface area (Å²) in [6.45, 7) is 1.19. The largest absolute Gasteiger partial charge is 0.320 e. The molecule has 7 heteroatoms. The summed E-state index contributed by atoms with van der Waals surface area (Å²) >= 11 is 5.01. The molecule has 0 aliphatic heterocycles. The lowest BCUT2D eigenvalue weighted by Gasteiger charge is -2.05. The molecule has 0 atom stereocenters. The van der Waals surface area contributed by atoms with Gasteiger partial charge in [-0.3, -0.25) is 0 Å². The van der Waals surface area contributed by atoms with Gasteiger partial charge in [0.05, 0.1) is 9.54 Å². The summed E-state index contributed by atoms with van der Waals surface area (Å²) in [5, 5.41) is 2.93. The van der Waals surface area contributed by atoms with Crippen LogP contribution < -0.4 is 10.0 Å². The van der Waals surface area contributed by atoms with Gasteiger partial charge in [0, 0.05) is 11.4 Å². The minimum absolute atomic E-state index is 0.183. The van der Waals surface area contributed by atoms with Crippen LogP contribution in [0.15, 0.2) is 15.9 Å². The molecule has 2 N–H and O–H groups in total. The second-order valence-electron chi connectivity index (χ2n) is 3.63. The third-order valence-electron chi connectivity index (χ3n) is 2.16. The zero-order valence-corrected chi connectivity index (χ0v) is 12.9. The molecule has 0 saturated carbocycles. The van der Waals surface area contributed by atoms with Crippen molar-refractivity contribution in [1.29, 1.82) is 0 Å². The fourth-order valence-electron chi connectivity index (χ4n) is 1.33. The standard InChI is InChI=1S/C10H17BrN2O2S2/c1-12-6-2-8-17(14,15)13-7-5-9-3-4-10(11)16-9/h3-4,12-13H,2,5-8H2,1H3. The molecule has 98 valence electrons. The molecule has 0 aliphatic carbocycles. The van der Waals surface area contributed by atoms with Gasteiger partial charge in [0.15, 0.2) is 0 Å². The van der Waals surface area contributed by atoms with Gasteiger partial charge < -0.3 is 5.32 Å². The highest BCUT2D eigenvalue weighted by Gasteiger charge is 2.08. The molecule has 0 fully saturated rings. The third-order valence-corrected chi connectivity index (χ3v) is 5.32. The highest BCUT2D eigenvalue weighted by atomic mass is 79.9. The predicted octanol–water partition coefficient (Wildman–Crippen LogP) is 1.58. The molecule has 0 radical (unpaired) electrons. The van der Waals surface area contributed by atoms with E-state index in [-0.39, 0.29) is 5.75 Å².